The fourth-order valence-electron chi connectivity index (χ4n) is 2.16. The van der Waals surface area contributed by atoms with Crippen molar-refractivity contribution in [2.45, 2.75) is 64.7 Å². The number of carbonyl (C=O) groups is 1. The maximum Gasteiger partial charge on any atom is 0.248 e. The van der Waals surface area contributed by atoms with Crippen LogP contribution in [0.25, 0.3) is 0 Å². The highest BCUT2D eigenvalue weighted by molar-refractivity contribution is 5.78. The molecule has 1 fully saturated rings. The van der Waals surface area contributed by atoms with Crippen molar-refractivity contribution in [1.82, 2.24) is 4.90 Å². The molecule has 4 nitrogen and oxygen atoms in total. The van der Waals surface area contributed by atoms with Crippen molar-refractivity contribution in [2.75, 3.05) is 13.2 Å². The molecule has 0 radical (unpaired) electrons. The van der Waals surface area contributed by atoms with E-state index in [4.69, 9.17) is 4.74 Å². The van der Waals surface area contributed by atoms with Crippen molar-refractivity contribution in [3.63, 3.8) is 0 Å². The molecule has 0 aliphatic carbocycles. The van der Waals surface area contributed by atoms with E-state index in [-0.39, 0.29) is 30.3 Å². The molecule has 1 rings (SSSR count). The van der Waals surface area contributed by atoms with Gasteiger partial charge in [-0.3, -0.25) is 4.79 Å². The molecule has 1 saturated heterocycles. The van der Waals surface area contributed by atoms with Crippen LogP contribution >= 0.6 is 0 Å². The van der Waals surface area contributed by atoms with E-state index in [1.807, 2.05) is 25.7 Å². The van der Waals surface area contributed by atoms with Gasteiger partial charge in [-0.25, -0.2) is 0 Å². The van der Waals surface area contributed by atoms with Crippen molar-refractivity contribution >= 4 is 5.91 Å². The molecule has 0 aromatic rings. The summed E-state index contributed by atoms with van der Waals surface area (Å²) in [6.07, 6.45) is 2.34. The topological polar surface area (TPSA) is 49.8 Å². The molecular weight excluding hydrogens is 218 g/mol. The summed E-state index contributed by atoms with van der Waals surface area (Å²) in [5.41, 5.74) is -0.283. The first kappa shape index (κ1) is 14.5. The quantitative estimate of drug-likeness (QED) is 0.815. The molecule has 2 atom stereocenters. The van der Waals surface area contributed by atoms with Crippen LogP contribution in [0.2, 0.25) is 0 Å². The number of rotatable bonds is 4. The van der Waals surface area contributed by atoms with E-state index in [2.05, 4.69) is 0 Å². The average molecular weight is 243 g/mol. The van der Waals surface area contributed by atoms with Crippen LogP contribution < -0.4 is 0 Å². The molecule has 4 heteroatoms. The first-order chi connectivity index (χ1) is 7.79. The highest BCUT2D eigenvalue weighted by atomic mass is 16.5. The van der Waals surface area contributed by atoms with Crippen LogP contribution in [0, 0.1) is 0 Å². The Balaban J connectivity index is 2.44. The molecular formula is C13H25NO3. The van der Waals surface area contributed by atoms with Crippen LogP contribution in [-0.2, 0) is 9.53 Å². The molecule has 0 aromatic heterocycles. The number of aliphatic hydroxyl groups excluding tert-OH is 1. The number of hydrogen-bond acceptors (Lipinski definition) is 3. The largest absolute Gasteiger partial charge is 0.393 e. The van der Waals surface area contributed by atoms with Crippen molar-refractivity contribution < 1.29 is 14.6 Å². The molecule has 1 N–H and O–H groups in total. The van der Waals surface area contributed by atoms with Gasteiger partial charge in [-0.1, -0.05) is 0 Å². The van der Waals surface area contributed by atoms with E-state index in [9.17, 15) is 9.90 Å². The van der Waals surface area contributed by atoms with E-state index in [0.29, 0.717) is 6.42 Å². The number of aliphatic hydroxyl groups is 1. The Morgan fingerprint density at radius 3 is 2.71 bits per heavy atom. The Labute approximate surface area is 104 Å². The Bertz CT molecular complexity index is 258. The fourth-order valence-corrected chi connectivity index (χ4v) is 2.16. The van der Waals surface area contributed by atoms with Crippen LogP contribution in [0.4, 0.5) is 0 Å². The van der Waals surface area contributed by atoms with Crippen LogP contribution in [0.5, 0.6) is 0 Å². The van der Waals surface area contributed by atoms with E-state index in [1.165, 1.54) is 0 Å². The van der Waals surface area contributed by atoms with Crippen molar-refractivity contribution in [1.29, 1.82) is 0 Å². The lowest BCUT2D eigenvalue weighted by Gasteiger charge is -2.27. The number of carbonyl (C=O) groups excluding carboxylic acids is 1. The van der Waals surface area contributed by atoms with Crippen molar-refractivity contribution in [2.24, 2.45) is 0 Å². The van der Waals surface area contributed by atoms with Gasteiger partial charge < -0.3 is 14.7 Å². The summed E-state index contributed by atoms with van der Waals surface area (Å²) in [7, 11) is 0. The highest BCUT2D eigenvalue weighted by Crippen LogP contribution is 2.22. The first-order valence-electron chi connectivity index (χ1n) is 6.41. The van der Waals surface area contributed by atoms with Gasteiger partial charge in [0.05, 0.1) is 11.7 Å². The summed E-state index contributed by atoms with van der Waals surface area (Å²) in [5.74, 6) is 0.0445. The standard InChI is InChI=1S/C13H25NO3/c1-10(15)8-11-6-5-7-14(11)12(16)9-17-13(2,3)4/h10-11,15H,5-9H2,1-4H3. The minimum absolute atomic E-state index is 0.0445. The molecule has 1 aliphatic heterocycles. The third-order valence-corrected chi connectivity index (χ3v) is 2.94. The molecule has 0 bridgehead atoms. The molecule has 1 amide bonds. The lowest BCUT2D eigenvalue weighted by atomic mass is 10.1. The number of amides is 1. The zero-order chi connectivity index (χ0) is 13.1. The second-order valence-corrected chi connectivity index (χ2v) is 5.87. The Hall–Kier alpha value is -0.610. The summed E-state index contributed by atoms with van der Waals surface area (Å²) in [6.45, 7) is 8.53. The first-order valence-corrected chi connectivity index (χ1v) is 6.41. The third-order valence-electron chi connectivity index (χ3n) is 2.94. The Morgan fingerprint density at radius 1 is 1.53 bits per heavy atom. The van der Waals surface area contributed by atoms with Gasteiger partial charge >= 0.3 is 0 Å². The molecule has 0 aromatic carbocycles. The van der Waals surface area contributed by atoms with E-state index in [0.717, 1.165) is 19.4 Å². The van der Waals surface area contributed by atoms with Gasteiger partial charge in [-0.15, -0.1) is 0 Å². The minimum atomic E-state index is -0.350. The van der Waals surface area contributed by atoms with Gasteiger partial charge in [0.2, 0.25) is 5.91 Å². The zero-order valence-electron chi connectivity index (χ0n) is 11.4. The maximum absolute atomic E-state index is 12.0. The minimum Gasteiger partial charge on any atom is -0.393 e. The summed E-state index contributed by atoms with van der Waals surface area (Å²) in [4.78, 5) is 13.9. The number of likely N-dealkylation sites (tertiary alicyclic amines) is 1. The SMILES string of the molecule is CC(O)CC1CCCN1C(=O)COC(C)(C)C. The van der Waals surface area contributed by atoms with Crippen molar-refractivity contribution in [3.8, 4) is 0 Å². The number of nitrogens with zero attached hydrogens (tertiary/aromatic N) is 1. The van der Waals surface area contributed by atoms with Gasteiger partial charge in [-0.05, 0) is 47.0 Å². The Morgan fingerprint density at radius 2 is 2.18 bits per heavy atom. The average Bonchev–Trinajstić information content (AvgIpc) is 2.60. The second kappa shape index (κ2) is 5.83. The lowest BCUT2D eigenvalue weighted by molar-refractivity contribution is -0.142. The van der Waals surface area contributed by atoms with Gasteiger partial charge in [-0.2, -0.15) is 0 Å². The van der Waals surface area contributed by atoms with Crippen LogP contribution in [0.1, 0.15) is 47.0 Å². The second-order valence-electron chi connectivity index (χ2n) is 5.87. The maximum atomic E-state index is 12.0. The predicted octanol–water partition coefficient (Wildman–Crippen LogP) is 1.56. The number of hydrogen-bond donors (Lipinski definition) is 1. The van der Waals surface area contributed by atoms with Crippen molar-refractivity contribution in [3.05, 3.63) is 0 Å². The molecule has 1 heterocycles. The fraction of sp³-hybridized carbons (Fsp3) is 0.923. The summed E-state index contributed by atoms with van der Waals surface area (Å²) in [5, 5.41) is 9.40. The summed E-state index contributed by atoms with van der Waals surface area (Å²) in [6, 6.07) is 0.186. The molecule has 0 spiro atoms. The van der Waals surface area contributed by atoms with E-state index >= 15 is 0 Å². The molecule has 2 unspecified atom stereocenters. The smallest absolute Gasteiger partial charge is 0.248 e. The molecule has 0 saturated carbocycles. The zero-order valence-corrected chi connectivity index (χ0v) is 11.4. The van der Waals surface area contributed by atoms with Gasteiger partial charge in [0.15, 0.2) is 0 Å². The van der Waals surface area contributed by atoms with Crippen LogP contribution in [0.3, 0.4) is 0 Å². The van der Waals surface area contributed by atoms with Crippen LogP contribution in [-0.4, -0.2) is 46.8 Å². The molecule has 17 heavy (non-hydrogen) atoms. The third kappa shape index (κ3) is 5.04. The highest BCUT2D eigenvalue weighted by Gasteiger charge is 2.30. The predicted molar refractivity (Wildman–Crippen MR) is 66.7 cm³/mol. The Kier molecular flexibility index (Phi) is 4.95. The van der Waals surface area contributed by atoms with Crippen LogP contribution in [0.15, 0.2) is 0 Å². The number of ether oxygens (including phenoxy) is 1. The van der Waals surface area contributed by atoms with Gasteiger partial charge in [0.1, 0.15) is 6.61 Å². The van der Waals surface area contributed by atoms with E-state index < -0.39 is 0 Å². The molecule has 1 aliphatic rings. The van der Waals surface area contributed by atoms with Gasteiger partial charge in [0, 0.05) is 12.6 Å². The summed E-state index contributed by atoms with van der Waals surface area (Å²) < 4.78 is 5.50. The van der Waals surface area contributed by atoms with Gasteiger partial charge in [0.25, 0.3) is 0 Å². The lowest BCUT2D eigenvalue weighted by Crippen LogP contribution is -2.40. The monoisotopic (exact) mass is 243 g/mol. The van der Waals surface area contributed by atoms with E-state index in [1.54, 1.807) is 6.92 Å². The molecule has 100 valence electrons. The normalized spacial score (nSPS) is 22.9. The summed E-state index contributed by atoms with van der Waals surface area (Å²) >= 11 is 0.